The van der Waals surface area contributed by atoms with Crippen molar-refractivity contribution in [3.63, 3.8) is 0 Å². The molecule has 10 nitrogen and oxygen atoms in total. The van der Waals surface area contributed by atoms with Crippen molar-refractivity contribution in [2.45, 2.75) is 6.18 Å². The van der Waals surface area contributed by atoms with Crippen molar-refractivity contribution in [2.75, 3.05) is 17.7 Å². The molecule has 0 atom stereocenters. The minimum absolute atomic E-state index is 0.0292. The lowest BCUT2D eigenvalue weighted by Crippen LogP contribution is -2.19. The zero-order valence-electron chi connectivity index (χ0n) is 22.1. The fourth-order valence-corrected chi connectivity index (χ4v) is 3.73. The highest BCUT2D eigenvalue weighted by Gasteiger charge is 2.33. The Labute approximate surface area is 247 Å². The first-order chi connectivity index (χ1) is 20.5. The van der Waals surface area contributed by atoms with Gasteiger partial charge in [0, 0.05) is 23.6 Å². The first-order valence-corrected chi connectivity index (χ1v) is 12.6. The summed E-state index contributed by atoms with van der Waals surface area (Å²) in [6, 6.07) is 17.7. The molecule has 0 aliphatic rings. The fourth-order valence-electron chi connectivity index (χ4n) is 3.50. The van der Waals surface area contributed by atoms with Crippen molar-refractivity contribution >= 4 is 47.1 Å². The Hall–Kier alpha value is -5.43. The van der Waals surface area contributed by atoms with Crippen LogP contribution in [-0.4, -0.2) is 36.2 Å². The number of alkyl halides is 3. The zero-order valence-corrected chi connectivity index (χ0v) is 22.9. The van der Waals surface area contributed by atoms with Crippen LogP contribution < -0.4 is 20.8 Å². The Kier molecular flexibility index (Phi) is 9.58. The highest BCUT2D eigenvalue weighted by atomic mass is 35.5. The molecule has 0 spiro atoms. The van der Waals surface area contributed by atoms with Crippen molar-refractivity contribution in [3.05, 3.63) is 112 Å². The topological polar surface area (TPSA) is 131 Å². The zero-order chi connectivity index (χ0) is 31.0. The fraction of sp³-hybridized carbons (Fsp3) is 0.0690. The van der Waals surface area contributed by atoms with E-state index in [9.17, 15) is 27.6 Å². The van der Waals surface area contributed by atoms with E-state index in [-0.39, 0.29) is 11.4 Å². The number of urea groups is 1. The van der Waals surface area contributed by atoms with Gasteiger partial charge in [0.15, 0.2) is 0 Å². The predicted octanol–water partition coefficient (Wildman–Crippen LogP) is 6.74. The van der Waals surface area contributed by atoms with Gasteiger partial charge in [-0.25, -0.2) is 15.0 Å². The SMILES string of the molecule is COC(=O)c1ccc(/C=N/NC(=O)c2cc(Oc3ccc(NC(=O)Nc4ccc(Cl)c(C(F)(F)F)c4)cc3)ccn2)cc1. The van der Waals surface area contributed by atoms with E-state index < -0.39 is 34.7 Å². The molecule has 3 amide bonds. The van der Waals surface area contributed by atoms with Crippen LogP contribution in [0.3, 0.4) is 0 Å². The quantitative estimate of drug-likeness (QED) is 0.115. The molecule has 4 rings (SSSR count). The number of esters is 1. The van der Waals surface area contributed by atoms with Crippen molar-refractivity contribution in [2.24, 2.45) is 5.10 Å². The second kappa shape index (κ2) is 13.5. The Morgan fingerprint density at radius 2 is 1.56 bits per heavy atom. The van der Waals surface area contributed by atoms with Crippen LogP contribution in [0.1, 0.15) is 32.0 Å². The molecule has 0 aliphatic carbocycles. The normalized spacial score (nSPS) is 11.1. The molecule has 43 heavy (non-hydrogen) atoms. The van der Waals surface area contributed by atoms with Gasteiger partial charge in [-0.1, -0.05) is 23.7 Å². The molecule has 3 N–H and O–H groups in total. The first kappa shape index (κ1) is 30.5. The minimum atomic E-state index is -4.67. The number of amides is 3. The van der Waals surface area contributed by atoms with E-state index in [0.29, 0.717) is 28.3 Å². The number of carbonyl (C=O) groups is 3. The van der Waals surface area contributed by atoms with E-state index in [1.165, 1.54) is 62.0 Å². The maximum Gasteiger partial charge on any atom is 0.417 e. The average molecular weight is 612 g/mol. The van der Waals surface area contributed by atoms with Crippen LogP contribution in [0.4, 0.5) is 29.3 Å². The lowest BCUT2D eigenvalue weighted by atomic mass is 10.1. The number of methoxy groups -OCH3 is 1. The number of benzene rings is 3. The van der Waals surface area contributed by atoms with Gasteiger partial charge in [0.05, 0.1) is 29.5 Å². The molecule has 3 aromatic carbocycles. The first-order valence-electron chi connectivity index (χ1n) is 12.2. The maximum atomic E-state index is 13.1. The van der Waals surface area contributed by atoms with Crippen LogP contribution in [0.15, 0.2) is 90.2 Å². The van der Waals surface area contributed by atoms with Gasteiger partial charge in [-0.15, -0.1) is 0 Å². The number of nitrogens with zero attached hydrogens (tertiary/aromatic N) is 2. The largest absolute Gasteiger partial charge is 0.465 e. The molecule has 0 radical (unpaired) electrons. The number of ether oxygens (including phenoxy) is 2. The molecule has 0 saturated heterocycles. The number of hydrogen-bond acceptors (Lipinski definition) is 7. The van der Waals surface area contributed by atoms with E-state index in [4.69, 9.17) is 16.3 Å². The summed E-state index contributed by atoms with van der Waals surface area (Å²) in [7, 11) is 1.28. The van der Waals surface area contributed by atoms with Gasteiger partial charge >= 0.3 is 18.2 Å². The van der Waals surface area contributed by atoms with Crippen molar-refractivity contribution in [1.29, 1.82) is 0 Å². The monoisotopic (exact) mass is 611 g/mol. The summed E-state index contributed by atoms with van der Waals surface area (Å²) in [5.41, 5.74) is 2.57. The minimum Gasteiger partial charge on any atom is -0.465 e. The van der Waals surface area contributed by atoms with Gasteiger partial charge in [-0.3, -0.25) is 9.78 Å². The number of nitrogens with one attached hydrogen (secondary N) is 3. The van der Waals surface area contributed by atoms with E-state index in [0.717, 1.165) is 12.1 Å². The highest BCUT2D eigenvalue weighted by molar-refractivity contribution is 6.31. The van der Waals surface area contributed by atoms with E-state index >= 15 is 0 Å². The molecule has 0 fully saturated rings. The third-order valence-corrected chi connectivity index (χ3v) is 5.88. The molecular weight excluding hydrogens is 591 g/mol. The summed E-state index contributed by atoms with van der Waals surface area (Å²) in [5, 5.41) is 8.23. The van der Waals surface area contributed by atoms with Gasteiger partial charge in [0.1, 0.15) is 17.2 Å². The lowest BCUT2D eigenvalue weighted by Gasteiger charge is -2.12. The predicted molar refractivity (Wildman–Crippen MR) is 153 cm³/mol. The molecule has 1 aromatic heterocycles. The third-order valence-electron chi connectivity index (χ3n) is 5.55. The molecular formula is C29H21ClF3N5O5. The number of carbonyl (C=O) groups excluding carboxylic acids is 3. The van der Waals surface area contributed by atoms with Crippen LogP contribution in [0.25, 0.3) is 0 Å². The number of hydrogen-bond donors (Lipinski definition) is 3. The van der Waals surface area contributed by atoms with Crippen molar-refractivity contribution in [3.8, 4) is 11.5 Å². The summed E-state index contributed by atoms with van der Waals surface area (Å²) in [6.45, 7) is 0. The van der Waals surface area contributed by atoms with Crippen molar-refractivity contribution < 1.29 is 37.0 Å². The second-order valence-corrected chi connectivity index (χ2v) is 8.99. The van der Waals surface area contributed by atoms with Gasteiger partial charge in [-0.05, 0) is 66.2 Å². The highest BCUT2D eigenvalue weighted by Crippen LogP contribution is 2.36. The molecule has 4 aromatic rings. The standard InChI is InChI=1S/C29H21ClF3N5O5/c1-42-27(40)18-4-2-17(3-5-18)16-35-38-26(39)25-15-22(12-13-34-25)43-21-9-6-19(7-10-21)36-28(41)37-20-8-11-24(30)23(14-20)29(31,32)33/h2-16H,1H3,(H,38,39)(H2,36,37,41)/b35-16+. The summed E-state index contributed by atoms with van der Waals surface area (Å²) >= 11 is 5.60. The summed E-state index contributed by atoms with van der Waals surface area (Å²) < 4.78 is 49.5. The Morgan fingerprint density at radius 3 is 2.23 bits per heavy atom. The second-order valence-electron chi connectivity index (χ2n) is 8.59. The summed E-state index contributed by atoms with van der Waals surface area (Å²) in [5.74, 6) is -0.404. The number of rotatable bonds is 8. The molecule has 0 unspecified atom stereocenters. The Morgan fingerprint density at radius 1 is 0.884 bits per heavy atom. The molecule has 14 heteroatoms. The van der Waals surface area contributed by atoms with Crippen LogP contribution in [0, 0.1) is 0 Å². The van der Waals surface area contributed by atoms with E-state index in [1.54, 1.807) is 24.3 Å². The van der Waals surface area contributed by atoms with Gasteiger partial charge in [0.25, 0.3) is 5.91 Å². The molecule has 220 valence electrons. The molecule has 0 aliphatic heterocycles. The van der Waals surface area contributed by atoms with Gasteiger partial charge in [-0.2, -0.15) is 18.3 Å². The third kappa shape index (κ3) is 8.53. The summed E-state index contributed by atoms with van der Waals surface area (Å²) in [6.07, 6.45) is -1.90. The number of anilines is 2. The van der Waals surface area contributed by atoms with Crippen LogP contribution in [0.5, 0.6) is 11.5 Å². The van der Waals surface area contributed by atoms with Gasteiger partial charge in [0.2, 0.25) is 0 Å². The molecule has 1 heterocycles. The number of hydrazone groups is 1. The van der Waals surface area contributed by atoms with Crippen LogP contribution in [-0.2, 0) is 10.9 Å². The molecule has 0 bridgehead atoms. The van der Waals surface area contributed by atoms with E-state index in [2.05, 4.69) is 30.9 Å². The van der Waals surface area contributed by atoms with Crippen LogP contribution in [0.2, 0.25) is 5.02 Å². The number of halogens is 4. The smallest absolute Gasteiger partial charge is 0.417 e. The van der Waals surface area contributed by atoms with E-state index in [1.807, 2.05) is 0 Å². The van der Waals surface area contributed by atoms with Crippen LogP contribution >= 0.6 is 11.6 Å². The molecule has 0 saturated carbocycles. The number of aromatic nitrogens is 1. The number of pyridine rings is 1. The summed E-state index contributed by atoms with van der Waals surface area (Å²) in [4.78, 5) is 40.3. The van der Waals surface area contributed by atoms with Gasteiger partial charge < -0.3 is 20.1 Å². The van der Waals surface area contributed by atoms with Crippen molar-refractivity contribution in [1.82, 2.24) is 10.4 Å². The average Bonchev–Trinajstić information content (AvgIpc) is 2.98. The Bertz CT molecular complexity index is 1660. The Balaban J connectivity index is 1.31. The lowest BCUT2D eigenvalue weighted by molar-refractivity contribution is -0.137. The maximum absolute atomic E-state index is 13.1.